The Morgan fingerprint density at radius 3 is 2.68 bits per heavy atom. The molecule has 1 unspecified atom stereocenters. The third kappa shape index (κ3) is 5.23. The summed E-state index contributed by atoms with van der Waals surface area (Å²) in [6.45, 7) is 8.23. The van der Waals surface area contributed by atoms with E-state index in [0.29, 0.717) is 37.8 Å². The fourth-order valence-corrected chi connectivity index (χ4v) is 4.12. The van der Waals surface area contributed by atoms with Crippen LogP contribution in [0, 0.1) is 11.7 Å². The lowest BCUT2D eigenvalue weighted by Gasteiger charge is -2.35. The summed E-state index contributed by atoms with van der Waals surface area (Å²) in [5.74, 6) is -0.334. The van der Waals surface area contributed by atoms with Gasteiger partial charge in [0.1, 0.15) is 12.2 Å². The molecule has 1 atom stereocenters. The second kappa shape index (κ2) is 9.70. The predicted octanol–water partition coefficient (Wildman–Crippen LogP) is 4.05. The molecule has 1 saturated carbocycles. The summed E-state index contributed by atoms with van der Waals surface area (Å²) in [7, 11) is 0. The monoisotopic (exact) mass is 393 g/mol. The Morgan fingerprint density at radius 2 is 2.00 bits per heavy atom. The molecule has 0 radical (unpaired) electrons. The van der Waals surface area contributed by atoms with Crippen LogP contribution in [0.1, 0.15) is 56.3 Å². The summed E-state index contributed by atoms with van der Waals surface area (Å²) in [6.07, 6.45) is 5.40. The molecule has 2 aliphatic rings. The van der Waals surface area contributed by atoms with Gasteiger partial charge < -0.3 is 14.2 Å². The van der Waals surface area contributed by atoms with E-state index in [0.717, 1.165) is 32.4 Å². The number of hydrogen-bond acceptors (Lipinski definition) is 5. The predicted molar refractivity (Wildman–Crippen MR) is 105 cm³/mol. The van der Waals surface area contributed by atoms with E-state index >= 15 is 0 Å². The van der Waals surface area contributed by atoms with E-state index < -0.39 is 17.4 Å². The molecule has 0 N–H and O–H groups in total. The molecular formula is C22H32FNO4. The van der Waals surface area contributed by atoms with Crippen molar-refractivity contribution in [3.63, 3.8) is 0 Å². The van der Waals surface area contributed by atoms with Crippen molar-refractivity contribution < 1.29 is 23.4 Å². The van der Waals surface area contributed by atoms with E-state index in [1.807, 2.05) is 0 Å². The smallest absolute Gasteiger partial charge is 0.338 e. The number of hydrogen-bond donors (Lipinski definition) is 0. The van der Waals surface area contributed by atoms with Crippen LogP contribution in [0.4, 0.5) is 4.39 Å². The molecule has 1 aromatic carbocycles. The van der Waals surface area contributed by atoms with Crippen LogP contribution < -0.4 is 4.74 Å². The van der Waals surface area contributed by atoms with Gasteiger partial charge in [0, 0.05) is 19.6 Å². The highest BCUT2D eigenvalue weighted by Crippen LogP contribution is 2.39. The molecule has 6 heteroatoms. The molecule has 2 fully saturated rings. The standard InChI is InChI=1S/C22H32FNO4/c1-3-22(2,18-6-4-5-7-18)28-20-16-17(8-9-19(20)23)21(25)27-15-12-24-10-13-26-14-11-24/h8-9,16,18H,3-7,10-15H2,1-2H3. The van der Waals surface area contributed by atoms with E-state index in [9.17, 15) is 9.18 Å². The van der Waals surface area contributed by atoms with Crippen LogP contribution in [0.15, 0.2) is 18.2 Å². The van der Waals surface area contributed by atoms with Gasteiger partial charge in [-0.3, -0.25) is 4.90 Å². The minimum Gasteiger partial charge on any atom is -0.484 e. The number of rotatable bonds is 8. The van der Waals surface area contributed by atoms with Crippen LogP contribution >= 0.6 is 0 Å². The van der Waals surface area contributed by atoms with Gasteiger partial charge in [0.2, 0.25) is 0 Å². The Kier molecular flexibility index (Phi) is 7.30. The van der Waals surface area contributed by atoms with Crippen molar-refractivity contribution >= 4 is 5.97 Å². The first kappa shape index (κ1) is 21.1. The van der Waals surface area contributed by atoms with Crippen molar-refractivity contribution in [3.8, 4) is 5.75 Å². The van der Waals surface area contributed by atoms with Gasteiger partial charge in [0.15, 0.2) is 11.6 Å². The lowest BCUT2D eigenvalue weighted by atomic mass is 9.85. The molecule has 28 heavy (non-hydrogen) atoms. The van der Waals surface area contributed by atoms with Crippen molar-refractivity contribution in [2.45, 2.75) is 51.6 Å². The van der Waals surface area contributed by atoms with Crippen LogP contribution in [-0.2, 0) is 9.47 Å². The van der Waals surface area contributed by atoms with Gasteiger partial charge in [-0.05, 0) is 50.3 Å². The Hall–Kier alpha value is -1.66. The molecule has 0 spiro atoms. The molecule has 1 heterocycles. The highest BCUT2D eigenvalue weighted by atomic mass is 19.1. The molecular weight excluding hydrogens is 361 g/mol. The number of halogens is 1. The molecule has 0 aromatic heterocycles. The molecule has 1 saturated heterocycles. The van der Waals surface area contributed by atoms with Crippen LogP contribution in [-0.4, -0.2) is 55.9 Å². The van der Waals surface area contributed by atoms with Gasteiger partial charge in [-0.2, -0.15) is 0 Å². The number of carbonyl (C=O) groups excluding carboxylic acids is 1. The molecule has 3 rings (SSSR count). The first-order valence-electron chi connectivity index (χ1n) is 10.5. The number of ether oxygens (including phenoxy) is 3. The molecule has 1 aromatic rings. The zero-order valence-corrected chi connectivity index (χ0v) is 17.0. The van der Waals surface area contributed by atoms with Crippen LogP contribution in [0.5, 0.6) is 5.75 Å². The van der Waals surface area contributed by atoms with E-state index in [1.54, 1.807) is 0 Å². The van der Waals surface area contributed by atoms with Gasteiger partial charge in [0.25, 0.3) is 0 Å². The second-order valence-corrected chi connectivity index (χ2v) is 7.98. The molecule has 156 valence electrons. The number of carbonyl (C=O) groups is 1. The third-order valence-corrected chi connectivity index (χ3v) is 6.18. The maximum absolute atomic E-state index is 14.4. The zero-order valence-electron chi connectivity index (χ0n) is 17.0. The van der Waals surface area contributed by atoms with E-state index in [1.165, 1.54) is 31.0 Å². The summed E-state index contributed by atoms with van der Waals surface area (Å²) in [4.78, 5) is 14.6. The largest absolute Gasteiger partial charge is 0.484 e. The normalized spacial score (nSPS) is 20.7. The Bertz CT molecular complexity index is 656. The zero-order chi connectivity index (χ0) is 20.0. The van der Waals surface area contributed by atoms with Crippen molar-refractivity contribution in [3.05, 3.63) is 29.6 Å². The molecule has 0 amide bonds. The highest BCUT2D eigenvalue weighted by Gasteiger charge is 2.37. The number of benzene rings is 1. The number of esters is 1. The van der Waals surface area contributed by atoms with Crippen molar-refractivity contribution in [2.75, 3.05) is 39.5 Å². The van der Waals surface area contributed by atoms with Crippen molar-refractivity contribution in [2.24, 2.45) is 5.92 Å². The van der Waals surface area contributed by atoms with Gasteiger partial charge in [-0.15, -0.1) is 0 Å². The topological polar surface area (TPSA) is 48.0 Å². The fraction of sp³-hybridized carbons (Fsp3) is 0.682. The Morgan fingerprint density at radius 1 is 1.29 bits per heavy atom. The summed E-state index contributed by atoms with van der Waals surface area (Å²) in [5.41, 5.74) is -0.0980. The minimum absolute atomic E-state index is 0.138. The summed E-state index contributed by atoms with van der Waals surface area (Å²) >= 11 is 0. The van der Waals surface area contributed by atoms with Gasteiger partial charge in [-0.1, -0.05) is 19.8 Å². The quantitative estimate of drug-likeness (QED) is 0.624. The molecule has 5 nitrogen and oxygen atoms in total. The summed E-state index contributed by atoms with van der Waals surface area (Å²) in [5, 5.41) is 0. The van der Waals surface area contributed by atoms with Crippen molar-refractivity contribution in [1.29, 1.82) is 0 Å². The average molecular weight is 393 g/mol. The Balaban J connectivity index is 1.60. The lowest BCUT2D eigenvalue weighted by molar-refractivity contribution is 0.0179. The SMILES string of the molecule is CCC(C)(Oc1cc(C(=O)OCCN2CCOCC2)ccc1F)C1CCCC1. The summed E-state index contributed by atoms with van der Waals surface area (Å²) < 4.78 is 31.2. The van der Waals surface area contributed by atoms with Crippen molar-refractivity contribution in [1.82, 2.24) is 4.90 Å². The first-order chi connectivity index (χ1) is 13.5. The minimum atomic E-state index is -0.447. The van der Waals surface area contributed by atoms with Gasteiger partial charge >= 0.3 is 5.97 Å². The van der Waals surface area contributed by atoms with E-state index in [-0.39, 0.29) is 5.75 Å². The van der Waals surface area contributed by atoms with Gasteiger partial charge in [0.05, 0.1) is 18.8 Å². The maximum Gasteiger partial charge on any atom is 0.338 e. The first-order valence-corrected chi connectivity index (χ1v) is 10.5. The summed E-state index contributed by atoms with van der Waals surface area (Å²) in [6, 6.07) is 4.23. The fourth-order valence-electron chi connectivity index (χ4n) is 4.12. The van der Waals surface area contributed by atoms with Crippen LogP contribution in [0.2, 0.25) is 0 Å². The average Bonchev–Trinajstić information content (AvgIpc) is 3.26. The highest BCUT2D eigenvalue weighted by molar-refractivity contribution is 5.89. The van der Waals surface area contributed by atoms with Crippen LogP contribution in [0.25, 0.3) is 0 Å². The second-order valence-electron chi connectivity index (χ2n) is 7.98. The Labute approximate surface area is 167 Å². The third-order valence-electron chi connectivity index (χ3n) is 6.18. The lowest BCUT2D eigenvalue weighted by Crippen LogP contribution is -2.39. The van der Waals surface area contributed by atoms with E-state index in [2.05, 4.69) is 18.7 Å². The maximum atomic E-state index is 14.4. The van der Waals surface area contributed by atoms with E-state index in [4.69, 9.17) is 14.2 Å². The molecule has 0 bridgehead atoms. The molecule has 1 aliphatic heterocycles. The molecule has 1 aliphatic carbocycles. The number of nitrogens with zero attached hydrogens (tertiary/aromatic N) is 1. The van der Waals surface area contributed by atoms with Gasteiger partial charge in [-0.25, -0.2) is 9.18 Å². The van der Waals surface area contributed by atoms with Crippen LogP contribution in [0.3, 0.4) is 0 Å². The number of morpholine rings is 1.